The highest BCUT2D eigenvalue weighted by Gasteiger charge is 2.21. The fourth-order valence-electron chi connectivity index (χ4n) is 3.26. The Balaban J connectivity index is 1.51. The summed E-state index contributed by atoms with van der Waals surface area (Å²) in [6.45, 7) is 9.72. The Labute approximate surface area is 153 Å². The van der Waals surface area contributed by atoms with Gasteiger partial charge in [0.1, 0.15) is 0 Å². The number of morpholine rings is 1. The maximum absolute atomic E-state index is 12.1. The van der Waals surface area contributed by atoms with E-state index in [1.54, 1.807) is 0 Å². The fourth-order valence-corrected chi connectivity index (χ4v) is 4.04. The van der Waals surface area contributed by atoms with Crippen LogP contribution in [0.2, 0.25) is 0 Å². The van der Waals surface area contributed by atoms with Crippen molar-refractivity contribution in [3.63, 3.8) is 0 Å². The van der Waals surface area contributed by atoms with Gasteiger partial charge >= 0.3 is 0 Å². The third-order valence-corrected chi connectivity index (χ3v) is 5.34. The molecule has 134 valence electrons. The molecule has 0 spiro atoms. The van der Waals surface area contributed by atoms with E-state index in [0.717, 1.165) is 35.0 Å². The molecule has 0 radical (unpaired) electrons. The molecule has 1 fully saturated rings. The number of rotatable bonds is 5. The zero-order valence-corrected chi connectivity index (χ0v) is 15.9. The molecule has 1 saturated heterocycles. The van der Waals surface area contributed by atoms with Crippen molar-refractivity contribution in [2.24, 2.45) is 0 Å². The number of hydrogen-bond donors (Lipinski definition) is 1. The van der Waals surface area contributed by atoms with Crippen LogP contribution in [0.3, 0.4) is 0 Å². The Morgan fingerprint density at radius 1 is 1.12 bits per heavy atom. The number of hydrogen-bond acceptors (Lipinski definition) is 4. The molecule has 1 amide bonds. The van der Waals surface area contributed by atoms with Gasteiger partial charge < -0.3 is 10.1 Å². The number of aryl methyl sites for hydroxylation is 1. The summed E-state index contributed by atoms with van der Waals surface area (Å²) >= 11 is 1.53. The zero-order chi connectivity index (χ0) is 17.8. The lowest BCUT2D eigenvalue weighted by Crippen LogP contribution is -2.44. The Morgan fingerprint density at radius 3 is 2.36 bits per heavy atom. The number of nitrogens with one attached hydrogen (secondary N) is 1. The number of carbonyl (C=O) groups is 1. The Kier molecular flexibility index (Phi) is 5.89. The average molecular weight is 359 g/mol. The molecule has 2 atom stereocenters. The number of carbonyl (C=O) groups excluding carboxylic acids is 1. The van der Waals surface area contributed by atoms with Gasteiger partial charge in [0.15, 0.2) is 0 Å². The molecule has 0 unspecified atom stereocenters. The maximum atomic E-state index is 12.1. The van der Waals surface area contributed by atoms with Crippen LogP contribution in [0, 0.1) is 6.92 Å². The van der Waals surface area contributed by atoms with Gasteiger partial charge in [-0.25, -0.2) is 0 Å². The lowest BCUT2D eigenvalue weighted by molar-refractivity contribution is -0.0704. The van der Waals surface area contributed by atoms with Gasteiger partial charge in [0.05, 0.1) is 17.1 Å². The summed E-state index contributed by atoms with van der Waals surface area (Å²) in [5, 5.41) is 2.99. The minimum absolute atomic E-state index is 0.00142. The molecule has 2 aromatic rings. The third-order valence-electron chi connectivity index (χ3n) is 4.34. The van der Waals surface area contributed by atoms with Crippen LogP contribution in [0.4, 0.5) is 0 Å². The molecule has 25 heavy (non-hydrogen) atoms. The van der Waals surface area contributed by atoms with Crippen molar-refractivity contribution >= 4 is 17.2 Å². The highest BCUT2D eigenvalue weighted by Crippen LogP contribution is 2.16. The molecule has 1 aliphatic rings. The van der Waals surface area contributed by atoms with Crippen LogP contribution in [-0.2, 0) is 17.8 Å². The zero-order valence-electron chi connectivity index (χ0n) is 15.1. The normalized spacial score (nSPS) is 21.2. The predicted octanol–water partition coefficient (Wildman–Crippen LogP) is 3.60. The van der Waals surface area contributed by atoms with Crippen LogP contribution in [0.5, 0.6) is 0 Å². The third kappa shape index (κ3) is 5.14. The number of benzene rings is 1. The van der Waals surface area contributed by atoms with Crippen molar-refractivity contribution in [3.8, 4) is 0 Å². The summed E-state index contributed by atoms with van der Waals surface area (Å²) in [5.41, 5.74) is 2.42. The molecular weight excluding hydrogens is 332 g/mol. The fraction of sp³-hybridized carbons (Fsp3) is 0.450. The average Bonchev–Trinajstić information content (AvgIpc) is 2.99. The molecule has 0 saturated carbocycles. The van der Waals surface area contributed by atoms with E-state index in [9.17, 15) is 4.79 Å². The van der Waals surface area contributed by atoms with Crippen LogP contribution < -0.4 is 5.32 Å². The number of thiophene rings is 1. The van der Waals surface area contributed by atoms with Gasteiger partial charge in [-0.1, -0.05) is 24.3 Å². The summed E-state index contributed by atoms with van der Waals surface area (Å²) < 4.78 is 5.78. The second-order valence-electron chi connectivity index (χ2n) is 6.86. The number of amides is 1. The molecule has 1 aliphatic heterocycles. The first-order chi connectivity index (χ1) is 12.0. The smallest absolute Gasteiger partial charge is 0.261 e. The van der Waals surface area contributed by atoms with E-state index in [4.69, 9.17) is 4.74 Å². The molecular formula is C20H26N2O2S. The van der Waals surface area contributed by atoms with Gasteiger partial charge in [0.2, 0.25) is 0 Å². The molecule has 1 aromatic carbocycles. The Hall–Kier alpha value is -1.69. The number of ether oxygens (including phenoxy) is 1. The first-order valence-corrected chi connectivity index (χ1v) is 9.61. The molecule has 4 nitrogen and oxygen atoms in total. The summed E-state index contributed by atoms with van der Waals surface area (Å²) in [5.74, 6) is -0.00142. The first-order valence-electron chi connectivity index (χ1n) is 8.80. The van der Waals surface area contributed by atoms with E-state index in [0.29, 0.717) is 18.8 Å². The second-order valence-corrected chi connectivity index (χ2v) is 8.15. The lowest BCUT2D eigenvalue weighted by atomic mass is 10.1. The second kappa shape index (κ2) is 8.13. The van der Waals surface area contributed by atoms with Gasteiger partial charge in [-0.2, -0.15) is 0 Å². The lowest BCUT2D eigenvalue weighted by Gasteiger charge is -2.35. The molecule has 1 N–H and O–H groups in total. The number of nitrogens with zero attached hydrogens (tertiary/aromatic N) is 1. The molecule has 0 aliphatic carbocycles. The van der Waals surface area contributed by atoms with Crippen molar-refractivity contribution in [1.29, 1.82) is 0 Å². The molecule has 3 rings (SSSR count). The Bertz CT molecular complexity index is 701. The Morgan fingerprint density at radius 2 is 1.76 bits per heavy atom. The van der Waals surface area contributed by atoms with Crippen LogP contribution in [0.15, 0.2) is 36.4 Å². The van der Waals surface area contributed by atoms with Gasteiger partial charge in [-0.3, -0.25) is 9.69 Å². The quantitative estimate of drug-likeness (QED) is 0.888. The monoisotopic (exact) mass is 358 g/mol. The van der Waals surface area contributed by atoms with Crippen LogP contribution in [-0.4, -0.2) is 36.1 Å². The topological polar surface area (TPSA) is 41.6 Å². The molecule has 5 heteroatoms. The highest BCUT2D eigenvalue weighted by molar-refractivity contribution is 7.13. The van der Waals surface area contributed by atoms with E-state index in [2.05, 4.69) is 48.3 Å². The highest BCUT2D eigenvalue weighted by atomic mass is 32.1. The first kappa shape index (κ1) is 18.1. The van der Waals surface area contributed by atoms with Crippen LogP contribution >= 0.6 is 11.3 Å². The van der Waals surface area contributed by atoms with E-state index < -0.39 is 0 Å². The van der Waals surface area contributed by atoms with Gasteiger partial charge in [0, 0.05) is 31.1 Å². The standard InChI is InChI=1S/C20H26N2O2S/c1-14-11-22(12-15(2)24-14)13-18-7-5-17(6-8-18)10-21-20(23)19-9-4-16(3)25-19/h4-9,14-15H,10-13H2,1-3H3,(H,21,23)/t14-,15-/m1/s1. The van der Waals surface area contributed by atoms with E-state index >= 15 is 0 Å². The molecule has 2 heterocycles. The van der Waals surface area contributed by atoms with Crippen LogP contribution in [0.1, 0.15) is 39.5 Å². The van der Waals surface area contributed by atoms with E-state index in [1.165, 1.54) is 16.9 Å². The minimum atomic E-state index is -0.00142. The van der Waals surface area contributed by atoms with Crippen molar-refractivity contribution in [2.75, 3.05) is 13.1 Å². The summed E-state index contributed by atoms with van der Waals surface area (Å²) in [6, 6.07) is 12.4. The predicted molar refractivity (Wildman–Crippen MR) is 102 cm³/mol. The summed E-state index contributed by atoms with van der Waals surface area (Å²) in [4.78, 5) is 16.5. The summed E-state index contributed by atoms with van der Waals surface area (Å²) in [7, 11) is 0. The van der Waals surface area contributed by atoms with Crippen molar-refractivity contribution in [3.05, 3.63) is 57.3 Å². The van der Waals surface area contributed by atoms with Crippen LogP contribution in [0.25, 0.3) is 0 Å². The molecule has 0 bridgehead atoms. The van der Waals surface area contributed by atoms with Crippen molar-refractivity contribution in [2.45, 2.75) is 46.1 Å². The van der Waals surface area contributed by atoms with Crippen molar-refractivity contribution in [1.82, 2.24) is 10.2 Å². The van der Waals surface area contributed by atoms with Gasteiger partial charge in [-0.15, -0.1) is 11.3 Å². The summed E-state index contributed by atoms with van der Waals surface area (Å²) in [6.07, 6.45) is 0.582. The van der Waals surface area contributed by atoms with E-state index in [-0.39, 0.29) is 5.91 Å². The van der Waals surface area contributed by atoms with Gasteiger partial charge in [0.25, 0.3) is 5.91 Å². The SMILES string of the molecule is Cc1ccc(C(=O)NCc2ccc(CN3C[C@@H](C)O[C@H](C)C3)cc2)s1. The largest absolute Gasteiger partial charge is 0.373 e. The molecule has 1 aromatic heterocycles. The van der Waals surface area contributed by atoms with E-state index in [1.807, 2.05) is 19.1 Å². The van der Waals surface area contributed by atoms with Crippen molar-refractivity contribution < 1.29 is 9.53 Å². The maximum Gasteiger partial charge on any atom is 0.261 e. The van der Waals surface area contributed by atoms with Gasteiger partial charge in [-0.05, 0) is 44.0 Å². The minimum Gasteiger partial charge on any atom is -0.373 e.